The molecule has 0 fully saturated rings. The molecule has 1 aliphatic rings. The maximum absolute atomic E-state index is 6.06. The molecule has 3 nitrogen and oxygen atoms in total. The zero-order chi connectivity index (χ0) is 13.9. The smallest absolute Gasteiger partial charge is 0.123 e. The zero-order valence-electron chi connectivity index (χ0n) is 11.3. The molecule has 4 heteroatoms. The maximum atomic E-state index is 6.06. The summed E-state index contributed by atoms with van der Waals surface area (Å²) in [5, 5.41) is 3.37. The van der Waals surface area contributed by atoms with Gasteiger partial charge < -0.3 is 10.1 Å². The van der Waals surface area contributed by atoms with E-state index in [1.807, 2.05) is 31.4 Å². The summed E-state index contributed by atoms with van der Waals surface area (Å²) in [5.74, 6) is 1.02. The van der Waals surface area contributed by atoms with E-state index >= 15 is 0 Å². The number of nitrogens with zero attached hydrogens (tertiary/aromatic N) is 1. The molecule has 0 amide bonds. The van der Waals surface area contributed by atoms with E-state index < -0.39 is 0 Å². The van der Waals surface area contributed by atoms with E-state index in [1.165, 1.54) is 5.56 Å². The van der Waals surface area contributed by atoms with Gasteiger partial charge >= 0.3 is 0 Å². The van der Waals surface area contributed by atoms with Crippen LogP contribution in [0.15, 0.2) is 47.1 Å². The molecule has 3 rings (SSSR count). The van der Waals surface area contributed by atoms with Gasteiger partial charge in [0.1, 0.15) is 11.9 Å². The van der Waals surface area contributed by atoms with Gasteiger partial charge in [0.15, 0.2) is 0 Å². The number of hydrogen-bond donors (Lipinski definition) is 1. The normalized spacial score (nSPS) is 18.4. The molecular weight excluding hydrogens is 316 g/mol. The van der Waals surface area contributed by atoms with Crippen molar-refractivity contribution in [1.29, 1.82) is 0 Å². The van der Waals surface area contributed by atoms with Crippen molar-refractivity contribution in [3.63, 3.8) is 0 Å². The molecule has 1 aromatic carbocycles. The standard InChI is InChI=1S/C16H17BrN2O/c1-18-14(9-13-7-6-12(17)10-19-13)16-8-11-4-2-3-5-15(11)20-16/h2-7,10,14,16,18H,8-9H2,1H3. The lowest BCUT2D eigenvalue weighted by Gasteiger charge is -2.22. The summed E-state index contributed by atoms with van der Waals surface area (Å²) in [6.45, 7) is 0. The monoisotopic (exact) mass is 332 g/mol. The predicted molar refractivity (Wildman–Crippen MR) is 83.1 cm³/mol. The molecule has 1 aromatic heterocycles. The van der Waals surface area contributed by atoms with Crippen LogP contribution in [0.5, 0.6) is 5.75 Å². The Hall–Kier alpha value is -1.39. The minimum absolute atomic E-state index is 0.169. The molecule has 1 aliphatic heterocycles. The fourth-order valence-corrected chi connectivity index (χ4v) is 2.84. The van der Waals surface area contributed by atoms with Gasteiger partial charge in [-0.3, -0.25) is 4.98 Å². The Morgan fingerprint density at radius 1 is 1.35 bits per heavy atom. The fourth-order valence-electron chi connectivity index (χ4n) is 2.61. The highest BCUT2D eigenvalue weighted by Gasteiger charge is 2.29. The number of para-hydroxylation sites is 1. The molecule has 0 saturated carbocycles. The molecule has 2 atom stereocenters. The van der Waals surface area contributed by atoms with Crippen LogP contribution in [-0.2, 0) is 12.8 Å². The number of benzene rings is 1. The van der Waals surface area contributed by atoms with Crippen LogP contribution in [0, 0.1) is 0 Å². The lowest BCUT2D eigenvalue weighted by Crippen LogP contribution is -2.42. The first kappa shape index (κ1) is 13.6. The third kappa shape index (κ3) is 2.86. The van der Waals surface area contributed by atoms with Gasteiger partial charge in [-0.25, -0.2) is 0 Å². The molecule has 104 valence electrons. The van der Waals surface area contributed by atoms with Gasteiger partial charge in [-0.05, 0) is 46.7 Å². The van der Waals surface area contributed by atoms with E-state index in [0.717, 1.165) is 28.8 Å². The summed E-state index contributed by atoms with van der Waals surface area (Å²) in [6.07, 6.45) is 3.83. The zero-order valence-corrected chi connectivity index (χ0v) is 12.9. The highest BCUT2D eigenvalue weighted by molar-refractivity contribution is 9.10. The summed E-state index contributed by atoms with van der Waals surface area (Å²) in [5.41, 5.74) is 2.37. The minimum Gasteiger partial charge on any atom is -0.488 e. The number of aromatic nitrogens is 1. The van der Waals surface area contributed by atoms with Crippen molar-refractivity contribution in [2.75, 3.05) is 7.05 Å². The van der Waals surface area contributed by atoms with Crippen LogP contribution in [0.1, 0.15) is 11.3 Å². The van der Waals surface area contributed by atoms with E-state index in [9.17, 15) is 0 Å². The van der Waals surface area contributed by atoms with Gasteiger partial charge in [0.05, 0.1) is 0 Å². The number of nitrogens with one attached hydrogen (secondary N) is 1. The summed E-state index contributed by atoms with van der Waals surface area (Å²) in [7, 11) is 1.98. The summed E-state index contributed by atoms with van der Waals surface area (Å²) < 4.78 is 7.06. The Morgan fingerprint density at radius 3 is 2.90 bits per heavy atom. The average molecular weight is 333 g/mol. The van der Waals surface area contributed by atoms with Gasteiger partial charge in [-0.15, -0.1) is 0 Å². The number of likely N-dealkylation sites (N-methyl/N-ethyl adjacent to an activating group) is 1. The molecule has 20 heavy (non-hydrogen) atoms. The van der Waals surface area contributed by atoms with E-state index in [-0.39, 0.29) is 12.1 Å². The van der Waals surface area contributed by atoms with Crippen molar-refractivity contribution < 1.29 is 4.74 Å². The Labute approximate surface area is 127 Å². The minimum atomic E-state index is 0.169. The second-order valence-electron chi connectivity index (χ2n) is 5.04. The SMILES string of the molecule is CNC(Cc1ccc(Br)cn1)C1Cc2ccccc2O1. The largest absolute Gasteiger partial charge is 0.488 e. The Balaban J connectivity index is 1.71. The Bertz CT molecular complexity index is 560. The van der Waals surface area contributed by atoms with Crippen LogP contribution in [-0.4, -0.2) is 24.2 Å². The number of ether oxygens (including phenoxy) is 1. The van der Waals surface area contributed by atoms with Gasteiger partial charge in [0, 0.05) is 35.2 Å². The molecule has 1 N–H and O–H groups in total. The van der Waals surface area contributed by atoms with E-state index in [4.69, 9.17) is 4.74 Å². The summed E-state index contributed by atoms with van der Waals surface area (Å²) >= 11 is 3.41. The molecule has 2 unspecified atom stereocenters. The molecule has 0 bridgehead atoms. The summed E-state index contributed by atoms with van der Waals surface area (Å²) in [6, 6.07) is 12.6. The van der Waals surface area contributed by atoms with E-state index in [1.54, 1.807) is 0 Å². The predicted octanol–water partition coefficient (Wildman–Crippen LogP) is 2.98. The summed E-state index contributed by atoms with van der Waals surface area (Å²) in [4.78, 5) is 4.44. The molecule has 0 spiro atoms. The van der Waals surface area contributed by atoms with Gasteiger partial charge in [0.2, 0.25) is 0 Å². The van der Waals surface area contributed by atoms with E-state index in [0.29, 0.717) is 0 Å². The number of halogens is 1. The lowest BCUT2D eigenvalue weighted by atomic mass is 10.0. The number of hydrogen-bond acceptors (Lipinski definition) is 3. The third-order valence-electron chi connectivity index (χ3n) is 3.71. The highest BCUT2D eigenvalue weighted by atomic mass is 79.9. The molecular formula is C16H17BrN2O. The van der Waals surface area contributed by atoms with Crippen LogP contribution in [0.3, 0.4) is 0 Å². The van der Waals surface area contributed by atoms with Crippen molar-refractivity contribution in [1.82, 2.24) is 10.3 Å². The molecule has 2 aromatic rings. The van der Waals surface area contributed by atoms with E-state index in [2.05, 4.69) is 44.4 Å². The van der Waals surface area contributed by atoms with Crippen LogP contribution >= 0.6 is 15.9 Å². The van der Waals surface area contributed by atoms with Crippen LogP contribution in [0.2, 0.25) is 0 Å². The molecule has 0 aliphatic carbocycles. The van der Waals surface area contributed by atoms with Gasteiger partial charge in [-0.1, -0.05) is 18.2 Å². The lowest BCUT2D eigenvalue weighted by molar-refractivity contribution is 0.181. The second-order valence-corrected chi connectivity index (χ2v) is 5.95. The number of fused-ring (bicyclic) bond motifs is 1. The van der Waals surface area contributed by atoms with Gasteiger partial charge in [-0.2, -0.15) is 0 Å². The maximum Gasteiger partial charge on any atom is 0.123 e. The van der Waals surface area contributed by atoms with Crippen molar-refractivity contribution >= 4 is 15.9 Å². The number of rotatable bonds is 4. The van der Waals surface area contributed by atoms with Crippen molar-refractivity contribution in [3.8, 4) is 5.75 Å². The Kier molecular flexibility index (Phi) is 4.03. The van der Waals surface area contributed by atoms with Crippen LogP contribution < -0.4 is 10.1 Å². The molecule has 2 heterocycles. The fraction of sp³-hybridized carbons (Fsp3) is 0.312. The van der Waals surface area contributed by atoms with Crippen LogP contribution in [0.25, 0.3) is 0 Å². The Morgan fingerprint density at radius 2 is 2.20 bits per heavy atom. The van der Waals surface area contributed by atoms with Crippen molar-refractivity contribution in [2.24, 2.45) is 0 Å². The van der Waals surface area contributed by atoms with Gasteiger partial charge in [0.25, 0.3) is 0 Å². The third-order valence-corrected chi connectivity index (χ3v) is 4.18. The highest BCUT2D eigenvalue weighted by Crippen LogP contribution is 2.30. The molecule has 0 saturated heterocycles. The average Bonchev–Trinajstić information content (AvgIpc) is 2.90. The van der Waals surface area contributed by atoms with Crippen LogP contribution in [0.4, 0.5) is 0 Å². The topological polar surface area (TPSA) is 34.2 Å². The first-order valence-electron chi connectivity index (χ1n) is 6.78. The first-order valence-corrected chi connectivity index (χ1v) is 7.58. The first-order chi connectivity index (χ1) is 9.76. The van der Waals surface area contributed by atoms with Crippen molar-refractivity contribution in [3.05, 3.63) is 58.3 Å². The molecule has 0 radical (unpaired) electrons. The second kappa shape index (κ2) is 5.94. The van der Waals surface area contributed by atoms with Crippen molar-refractivity contribution in [2.45, 2.75) is 25.0 Å². The quantitative estimate of drug-likeness (QED) is 0.934. The number of pyridine rings is 1.